The minimum atomic E-state index is -3.92. The van der Waals surface area contributed by atoms with Crippen LogP contribution in [0.2, 0.25) is 5.02 Å². The second kappa shape index (κ2) is 11.0. The van der Waals surface area contributed by atoms with Gasteiger partial charge < -0.3 is 27.7 Å². The number of hydrogen-bond donors (Lipinski definition) is 0. The van der Waals surface area contributed by atoms with Crippen molar-refractivity contribution in [3.05, 3.63) is 59.0 Å². The predicted molar refractivity (Wildman–Crippen MR) is 119 cm³/mol. The zero-order valence-corrected chi connectivity index (χ0v) is 20.5. The fourth-order valence-electron chi connectivity index (χ4n) is 2.66. The Kier molecular flexibility index (Phi) is 8.39. The summed E-state index contributed by atoms with van der Waals surface area (Å²) in [6.07, 6.45) is 1.34. The first-order chi connectivity index (χ1) is 15.8. The second-order valence-electron chi connectivity index (χ2n) is 6.13. The molecule has 3 aromatic rings. The fourth-order valence-corrected chi connectivity index (χ4v) is 5.09. The van der Waals surface area contributed by atoms with Gasteiger partial charge in [0.1, 0.15) is 0 Å². The number of rotatable bonds is 10. The van der Waals surface area contributed by atoms with Crippen LogP contribution in [0.3, 0.4) is 0 Å². The van der Waals surface area contributed by atoms with Crippen LogP contribution in [0.15, 0.2) is 57.1 Å². The summed E-state index contributed by atoms with van der Waals surface area (Å²) in [5, 5.41) is 0.340. The first-order valence-corrected chi connectivity index (χ1v) is 12.0. The van der Waals surface area contributed by atoms with Crippen LogP contribution < -0.4 is 9.47 Å². The van der Waals surface area contributed by atoms with E-state index < -0.39 is 19.4 Å². The van der Waals surface area contributed by atoms with E-state index >= 15 is 0 Å². The van der Waals surface area contributed by atoms with Crippen molar-refractivity contribution in [2.24, 2.45) is 0 Å². The smallest absolute Gasteiger partial charge is 0.378 e. The van der Waals surface area contributed by atoms with Crippen molar-refractivity contribution in [3.63, 3.8) is 0 Å². The number of ether oxygens (including phenoxy) is 3. The lowest BCUT2D eigenvalue weighted by Crippen LogP contribution is -2.15. The van der Waals surface area contributed by atoms with Crippen LogP contribution in [0.4, 0.5) is 0 Å². The molecule has 10 nitrogen and oxygen atoms in total. The molecule has 0 fully saturated rings. The summed E-state index contributed by atoms with van der Waals surface area (Å²) >= 11 is 7.38. The lowest BCUT2D eigenvalue weighted by atomic mass is 10.2. The van der Waals surface area contributed by atoms with Gasteiger partial charge in [0.25, 0.3) is 5.85 Å². The Balaban J connectivity index is 1.98. The lowest BCUT2D eigenvalue weighted by Gasteiger charge is -2.23. The first kappa shape index (κ1) is 25.1. The highest BCUT2D eigenvalue weighted by atomic mass is 35.5. The fraction of sp³-hybridized carbons (Fsp3) is 0.250. The number of furan rings is 1. The van der Waals surface area contributed by atoms with Gasteiger partial charge in [0, 0.05) is 19.1 Å². The van der Waals surface area contributed by atoms with Gasteiger partial charge in [-0.1, -0.05) is 17.7 Å². The van der Waals surface area contributed by atoms with Crippen LogP contribution in [0.1, 0.15) is 22.0 Å². The molecule has 0 aliphatic rings. The molecule has 13 heteroatoms. The monoisotopic (exact) mass is 514 g/mol. The highest BCUT2D eigenvalue weighted by Crippen LogP contribution is 2.60. The van der Waals surface area contributed by atoms with E-state index in [1.54, 1.807) is 18.2 Å². The van der Waals surface area contributed by atoms with E-state index in [4.69, 9.17) is 39.3 Å². The highest BCUT2D eigenvalue weighted by molar-refractivity contribution is 7.99. The van der Waals surface area contributed by atoms with Gasteiger partial charge in [0.15, 0.2) is 10.9 Å². The van der Waals surface area contributed by atoms with E-state index in [1.807, 2.05) is 0 Å². The Bertz CT molecular complexity index is 1130. The lowest BCUT2D eigenvalue weighted by molar-refractivity contribution is 0.0340. The summed E-state index contributed by atoms with van der Waals surface area (Å²) in [7, 11) is 1.35. The minimum Gasteiger partial charge on any atom is -0.481 e. The molecule has 2 aromatic heterocycles. The summed E-state index contributed by atoms with van der Waals surface area (Å²) in [4.78, 5) is 22.1. The quantitative estimate of drug-likeness (QED) is 0.201. The summed E-state index contributed by atoms with van der Waals surface area (Å²) in [5.41, 5.74) is 0.00451. The van der Waals surface area contributed by atoms with E-state index in [-0.39, 0.29) is 33.3 Å². The molecule has 0 bridgehead atoms. The van der Waals surface area contributed by atoms with Crippen LogP contribution in [-0.2, 0) is 18.3 Å². The second-order valence-corrected chi connectivity index (χ2v) is 9.82. The standard InChI is InChI=1S/C20H20ClN2O8PS/c1-26-15-11-16(27-2)23-20(22-15)33-14-9-5-7-12(21)17(14)18(24)31-19(13-8-6-10-30-13)32(25,28-3)29-4/h5-11,19H,1-4H3. The average Bonchev–Trinajstić information content (AvgIpc) is 3.36. The molecule has 2 heterocycles. The molecule has 0 spiro atoms. The normalized spacial score (nSPS) is 12.3. The summed E-state index contributed by atoms with van der Waals surface area (Å²) < 4.78 is 44.3. The van der Waals surface area contributed by atoms with Crippen LogP contribution in [0, 0.1) is 0 Å². The number of nitrogens with zero attached hydrogens (tertiary/aromatic N) is 2. The molecule has 0 saturated carbocycles. The highest BCUT2D eigenvalue weighted by Gasteiger charge is 2.42. The predicted octanol–water partition coefficient (Wildman–Crippen LogP) is 5.23. The third-order valence-electron chi connectivity index (χ3n) is 4.26. The van der Waals surface area contributed by atoms with E-state index in [0.717, 1.165) is 11.8 Å². The van der Waals surface area contributed by atoms with E-state index in [9.17, 15) is 9.36 Å². The molecule has 0 amide bonds. The zero-order valence-electron chi connectivity index (χ0n) is 18.0. The van der Waals surface area contributed by atoms with Gasteiger partial charge in [0.2, 0.25) is 11.8 Å². The molecule has 1 aromatic carbocycles. The Labute approximate surface area is 199 Å². The molecule has 1 atom stereocenters. The van der Waals surface area contributed by atoms with Gasteiger partial charge in [-0.15, -0.1) is 0 Å². The summed E-state index contributed by atoms with van der Waals surface area (Å²) in [6.45, 7) is 0. The molecular weight excluding hydrogens is 495 g/mol. The summed E-state index contributed by atoms with van der Waals surface area (Å²) in [6, 6.07) is 9.35. The third-order valence-corrected chi connectivity index (χ3v) is 7.45. The first-order valence-electron chi connectivity index (χ1n) is 9.24. The molecule has 0 saturated heterocycles. The van der Waals surface area contributed by atoms with Gasteiger partial charge >= 0.3 is 13.6 Å². The molecule has 33 heavy (non-hydrogen) atoms. The Morgan fingerprint density at radius 2 is 1.73 bits per heavy atom. The minimum absolute atomic E-state index is 0.00451. The molecule has 0 aliphatic carbocycles. The third kappa shape index (κ3) is 5.69. The number of halogens is 1. The molecular formula is C20H20ClN2O8PS. The largest absolute Gasteiger partial charge is 0.481 e. The van der Waals surface area contributed by atoms with Crippen molar-refractivity contribution in [2.45, 2.75) is 15.9 Å². The molecule has 0 aliphatic heterocycles. The molecule has 0 radical (unpaired) electrons. The molecule has 176 valence electrons. The van der Waals surface area contributed by atoms with Gasteiger partial charge in [-0.3, -0.25) is 4.57 Å². The average molecular weight is 515 g/mol. The number of aromatic nitrogens is 2. The maximum Gasteiger partial charge on any atom is 0.378 e. The van der Waals surface area contributed by atoms with Gasteiger partial charge in [-0.25, -0.2) is 4.79 Å². The SMILES string of the molecule is COc1cc(OC)nc(Sc2cccc(Cl)c2C(=O)OC(c2ccco2)P(=O)(OC)OC)n1. The number of benzene rings is 1. The van der Waals surface area contributed by atoms with E-state index in [0.29, 0.717) is 4.90 Å². The molecule has 0 N–H and O–H groups in total. The molecule has 3 rings (SSSR count). The van der Waals surface area contributed by atoms with Crippen molar-refractivity contribution in [2.75, 3.05) is 28.4 Å². The van der Waals surface area contributed by atoms with Crippen molar-refractivity contribution >= 4 is 36.9 Å². The van der Waals surface area contributed by atoms with E-state index in [2.05, 4.69) is 9.97 Å². The van der Waals surface area contributed by atoms with Gasteiger partial charge in [0.05, 0.1) is 37.1 Å². The van der Waals surface area contributed by atoms with Crippen LogP contribution in [0.5, 0.6) is 11.8 Å². The van der Waals surface area contributed by atoms with Gasteiger partial charge in [-0.2, -0.15) is 9.97 Å². The Morgan fingerprint density at radius 1 is 1.06 bits per heavy atom. The van der Waals surface area contributed by atoms with Crippen molar-refractivity contribution in [3.8, 4) is 11.8 Å². The maximum absolute atomic E-state index is 13.2. The number of carbonyl (C=O) groups excluding carboxylic acids is 1. The van der Waals surface area contributed by atoms with Crippen molar-refractivity contribution in [1.82, 2.24) is 9.97 Å². The maximum atomic E-state index is 13.2. The molecule has 1 unspecified atom stereocenters. The van der Waals surface area contributed by atoms with Gasteiger partial charge in [-0.05, 0) is 36.0 Å². The van der Waals surface area contributed by atoms with Crippen LogP contribution >= 0.6 is 31.0 Å². The van der Waals surface area contributed by atoms with Crippen LogP contribution in [0.25, 0.3) is 0 Å². The summed E-state index contributed by atoms with van der Waals surface area (Å²) in [5.74, 6) is -1.72. The zero-order chi connectivity index (χ0) is 24.0. The van der Waals surface area contributed by atoms with Crippen molar-refractivity contribution < 1.29 is 37.0 Å². The number of hydrogen-bond acceptors (Lipinski definition) is 11. The van der Waals surface area contributed by atoms with Crippen LogP contribution in [-0.4, -0.2) is 44.4 Å². The number of carbonyl (C=O) groups is 1. The van der Waals surface area contributed by atoms with E-state index in [1.165, 1.54) is 52.9 Å². The van der Waals surface area contributed by atoms with Crippen molar-refractivity contribution in [1.29, 1.82) is 0 Å². The Hall–Kier alpha value is -2.56. The number of methoxy groups -OCH3 is 2. The number of esters is 1. The Morgan fingerprint density at radius 3 is 2.27 bits per heavy atom. The topological polar surface area (TPSA) is 119 Å².